The van der Waals surface area contributed by atoms with Gasteiger partial charge in [-0.1, -0.05) is 0 Å². The molecule has 0 aliphatic carbocycles. The molecule has 1 aromatic rings. The third-order valence-electron chi connectivity index (χ3n) is 3.37. The fourth-order valence-electron chi connectivity index (χ4n) is 2.39. The van der Waals surface area contributed by atoms with Crippen molar-refractivity contribution in [2.45, 2.75) is 12.8 Å². The zero-order valence-corrected chi connectivity index (χ0v) is 17.7. The number of benzene rings is 1. The largest absolute Gasteiger partial charge is 0.323 e. The van der Waals surface area contributed by atoms with E-state index in [9.17, 15) is 9.59 Å². The lowest BCUT2D eigenvalue weighted by Gasteiger charge is -2.29. The molecule has 1 unspecified atom stereocenters. The van der Waals surface area contributed by atoms with Crippen molar-refractivity contribution in [1.82, 2.24) is 4.90 Å². The van der Waals surface area contributed by atoms with Crippen LogP contribution in [0, 0.1) is 16.6 Å². The van der Waals surface area contributed by atoms with Gasteiger partial charge in [-0.3, -0.25) is 9.69 Å². The Kier molecular flexibility index (Phi) is 7.13. The van der Waals surface area contributed by atoms with Gasteiger partial charge in [0.25, 0.3) is 0 Å². The van der Waals surface area contributed by atoms with E-state index in [2.05, 4.69) is 78.0 Å². The van der Waals surface area contributed by atoms with Crippen LogP contribution in [0.2, 0.25) is 0 Å². The van der Waals surface area contributed by atoms with E-state index in [-0.39, 0.29) is 11.8 Å². The van der Waals surface area contributed by atoms with Crippen molar-refractivity contribution >= 4 is 85.7 Å². The summed E-state index contributed by atoms with van der Waals surface area (Å²) in [4.78, 5) is 25.1. The summed E-state index contributed by atoms with van der Waals surface area (Å²) in [6, 6.07) is 4.09. The molecule has 1 N–H and O–H groups in total. The van der Waals surface area contributed by atoms with Crippen LogP contribution < -0.4 is 5.32 Å². The van der Waals surface area contributed by atoms with Crippen LogP contribution in [0.5, 0.6) is 0 Å². The fraction of sp³-hybridized carbons (Fsp3) is 0.429. The highest BCUT2D eigenvalue weighted by Gasteiger charge is 2.21. The number of hydrogen-bond acceptors (Lipinski definition) is 3. The van der Waals surface area contributed by atoms with E-state index in [1.165, 1.54) is 0 Å². The summed E-state index contributed by atoms with van der Waals surface area (Å²) in [7, 11) is 0. The van der Waals surface area contributed by atoms with Gasteiger partial charge in [-0.05, 0) is 99.3 Å². The van der Waals surface area contributed by atoms with E-state index in [0.717, 1.165) is 42.1 Å². The van der Waals surface area contributed by atoms with Crippen LogP contribution in [-0.4, -0.2) is 36.7 Å². The summed E-state index contributed by atoms with van der Waals surface area (Å²) in [5.74, 6) is 0.0590. The minimum atomic E-state index is -0.0152. The average Bonchev–Trinajstić information content (AvgIpc) is 2.43. The van der Waals surface area contributed by atoms with Crippen LogP contribution in [0.15, 0.2) is 12.1 Å². The molecular weight excluding hydrogens is 609 g/mol. The van der Waals surface area contributed by atoms with E-state index >= 15 is 0 Å². The number of aldehydes is 1. The first-order chi connectivity index (χ1) is 9.99. The SMILES string of the molecule is O=CC1CCCN(CC(=O)Nc2c(I)cc(I)cc2I)C1. The minimum absolute atomic E-state index is 0.0152. The lowest BCUT2D eigenvalue weighted by molar-refractivity contribution is -0.119. The quantitative estimate of drug-likeness (QED) is 0.414. The number of likely N-dealkylation sites (tertiary alicyclic amines) is 1. The minimum Gasteiger partial charge on any atom is -0.323 e. The molecule has 7 heteroatoms. The molecule has 0 aromatic heterocycles. The maximum absolute atomic E-state index is 12.2. The van der Waals surface area contributed by atoms with Gasteiger partial charge in [0, 0.05) is 23.2 Å². The molecule has 0 spiro atoms. The number of rotatable bonds is 4. The predicted octanol–water partition coefficient (Wildman–Crippen LogP) is 3.35. The van der Waals surface area contributed by atoms with Gasteiger partial charge in [0.1, 0.15) is 6.29 Å². The third kappa shape index (κ3) is 5.27. The molecule has 0 saturated carbocycles. The molecule has 114 valence electrons. The normalized spacial score (nSPS) is 19.3. The highest BCUT2D eigenvalue weighted by Crippen LogP contribution is 2.27. The molecule has 2 rings (SSSR count). The first kappa shape index (κ1) is 17.9. The second-order valence-corrected chi connectivity index (χ2v) is 8.64. The van der Waals surface area contributed by atoms with Crippen molar-refractivity contribution in [3.05, 3.63) is 22.8 Å². The summed E-state index contributed by atoms with van der Waals surface area (Å²) in [5, 5.41) is 3.00. The van der Waals surface area contributed by atoms with Gasteiger partial charge in [0.15, 0.2) is 0 Å². The highest BCUT2D eigenvalue weighted by atomic mass is 127. The number of nitrogens with one attached hydrogen (secondary N) is 1. The Hall–Kier alpha value is 0.510. The van der Waals surface area contributed by atoms with Gasteiger partial charge in [0.05, 0.1) is 12.2 Å². The number of carbonyl (C=O) groups excluding carboxylic acids is 2. The van der Waals surface area contributed by atoms with Crippen molar-refractivity contribution in [2.24, 2.45) is 5.92 Å². The molecular formula is C14H15I3N2O2. The van der Waals surface area contributed by atoms with E-state index in [1.54, 1.807) is 0 Å². The molecule has 1 aliphatic rings. The van der Waals surface area contributed by atoms with Crippen molar-refractivity contribution in [2.75, 3.05) is 25.0 Å². The molecule has 21 heavy (non-hydrogen) atoms. The van der Waals surface area contributed by atoms with E-state index in [1.807, 2.05) is 12.1 Å². The summed E-state index contributed by atoms with van der Waals surface area (Å²) in [5.41, 5.74) is 0.880. The Morgan fingerprint density at radius 1 is 1.33 bits per heavy atom. The average molecular weight is 624 g/mol. The monoisotopic (exact) mass is 624 g/mol. The summed E-state index contributed by atoms with van der Waals surface area (Å²) in [6.07, 6.45) is 2.93. The first-order valence-corrected chi connectivity index (χ1v) is 9.85. The molecule has 0 bridgehead atoms. The number of carbonyl (C=O) groups is 2. The summed E-state index contributed by atoms with van der Waals surface area (Å²) < 4.78 is 3.24. The zero-order chi connectivity index (χ0) is 15.4. The van der Waals surface area contributed by atoms with Crippen LogP contribution in [0.3, 0.4) is 0 Å². The van der Waals surface area contributed by atoms with Gasteiger partial charge in [-0.15, -0.1) is 0 Å². The smallest absolute Gasteiger partial charge is 0.238 e. The Labute approximate surface area is 165 Å². The molecule has 1 aliphatic heterocycles. The standard InChI is InChI=1S/C14H15I3N2O2/c15-10-4-11(16)14(12(17)5-10)18-13(21)7-19-3-1-2-9(6-19)8-20/h4-5,8-9H,1-3,6-7H2,(H,18,21). The Bertz CT molecular complexity index is 528. The molecule has 1 amide bonds. The molecule has 4 nitrogen and oxygen atoms in total. The molecule has 1 aromatic carbocycles. The summed E-state index contributed by atoms with van der Waals surface area (Å²) >= 11 is 6.75. The fourth-order valence-corrected chi connectivity index (χ4v) is 6.24. The highest BCUT2D eigenvalue weighted by molar-refractivity contribution is 14.1. The van der Waals surface area contributed by atoms with Gasteiger partial charge >= 0.3 is 0 Å². The second kappa shape index (κ2) is 8.39. The summed E-state index contributed by atoms with van der Waals surface area (Å²) in [6.45, 7) is 1.93. The lowest BCUT2D eigenvalue weighted by Crippen LogP contribution is -2.41. The number of amides is 1. The van der Waals surface area contributed by atoms with Crippen LogP contribution in [0.1, 0.15) is 12.8 Å². The van der Waals surface area contributed by atoms with Crippen LogP contribution in [0.4, 0.5) is 5.69 Å². The van der Waals surface area contributed by atoms with Crippen molar-refractivity contribution < 1.29 is 9.59 Å². The van der Waals surface area contributed by atoms with Crippen molar-refractivity contribution in [3.63, 3.8) is 0 Å². The van der Waals surface area contributed by atoms with Gasteiger partial charge < -0.3 is 10.1 Å². The number of piperidine rings is 1. The Balaban J connectivity index is 1.97. The maximum Gasteiger partial charge on any atom is 0.238 e. The molecule has 1 fully saturated rings. The Morgan fingerprint density at radius 2 is 2.00 bits per heavy atom. The zero-order valence-electron chi connectivity index (χ0n) is 11.2. The van der Waals surface area contributed by atoms with Crippen LogP contribution in [0.25, 0.3) is 0 Å². The van der Waals surface area contributed by atoms with E-state index < -0.39 is 0 Å². The number of halogens is 3. The van der Waals surface area contributed by atoms with E-state index in [4.69, 9.17) is 0 Å². The number of nitrogens with zero attached hydrogens (tertiary/aromatic N) is 1. The van der Waals surface area contributed by atoms with Crippen molar-refractivity contribution in [3.8, 4) is 0 Å². The van der Waals surface area contributed by atoms with Crippen molar-refractivity contribution in [1.29, 1.82) is 0 Å². The van der Waals surface area contributed by atoms with Gasteiger partial charge in [-0.25, -0.2) is 0 Å². The third-order valence-corrected chi connectivity index (χ3v) is 5.70. The maximum atomic E-state index is 12.2. The van der Waals surface area contributed by atoms with E-state index in [0.29, 0.717) is 13.1 Å². The predicted molar refractivity (Wildman–Crippen MR) is 108 cm³/mol. The first-order valence-electron chi connectivity index (χ1n) is 6.61. The van der Waals surface area contributed by atoms with Gasteiger partial charge in [-0.2, -0.15) is 0 Å². The lowest BCUT2D eigenvalue weighted by atomic mass is 10.00. The van der Waals surface area contributed by atoms with Crippen LogP contribution in [-0.2, 0) is 9.59 Å². The molecule has 1 atom stereocenters. The topological polar surface area (TPSA) is 49.4 Å². The number of hydrogen-bond donors (Lipinski definition) is 1. The molecule has 0 radical (unpaired) electrons. The van der Waals surface area contributed by atoms with Crippen LogP contribution >= 0.6 is 67.8 Å². The number of anilines is 1. The molecule has 1 heterocycles. The molecule has 1 saturated heterocycles. The van der Waals surface area contributed by atoms with Gasteiger partial charge in [0.2, 0.25) is 5.91 Å². The Morgan fingerprint density at radius 3 is 2.62 bits per heavy atom. The second-order valence-electron chi connectivity index (χ2n) is 5.07.